The summed E-state index contributed by atoms with van der Waals surface area (Å²) < 4.78 is 10.2. The first-order valence-corrected chi connectivity index (χ1v) is 6.12. The van der Waals surface area contributed by atoms with Crippen LogP contribution in [-0.4, -0.2) is 47.8 Å². The zero-order valence-electron chi connectivity index (χ0n) is 11.0. The van der Waals surface area contributed by atoms with E-state index in [1.165, 1.54) is 14.2 Å². The molecule has 2 heterocycles. The summed E-state index contributed by atoms with van der Waals surface area (Å²) in [5.41, 5.74) is 0. The molecular formula is C12H17N3O4. The largest absolute Gasteiger partial charge is 0.481 e. The molecule has 1 aromatic heterocycles. The third-order valence-electron chi connectivity index (χ3n) is 3.13. The second-order valence-electron chi connectivity index (χ2n) is 4.30. The van der Waals surface area contributed by atoms with Crippen molar-refractivity contribution in [3.05, 3.63) is 6.07 Å². The molecule has 1 unspecified atom stereocenters. The highest BCUT2D eigenvalue weighted by Crippen LogP contribution is 2.26. The van der Waals surface area contributed by atoms with E-state index in [1.54, 1.807) is 11.0 Å². The van der Waals surface area contributed by atoms with Crippen molar-refractivity contribution >= 4 is 11.9 Å². The lowest BCUT2D eigenvalue weighted by atomic mass is 10.0. The minimum Gasteiger partial charge on any atom is -0.481 e. The molecule has 0 aliphatic carbocycles. The van der Waals surface area contributed by atoms with E-state index in [-0.39, 0.29) is 0 Å². The van der Waals surface area contributed by atoms with Gasteiger partial charge in [-0.25, -0.2) is 4.79 Å². The van der Waals surface area contributed by atoms with Gasteiger partial charge >= 0.3 is 5.97 Å². The molecule has 104 valence electrons. The van der Waals surface area contributed by atoms with Crippen molar-refractivity contribution in [3.8, 4) is 11.8 Å². The minimum atomic E-state index is -0.856. The van der Waals surface area contributed by atoms with Crippen LogP contribution in [0.1, 0.15) is 19.3 Å². The zero-order valence-corrected chi connectivity index (χ0v) is 11.0. The molecule has 1 saturated heterocycles. The van der Waals surface area contributed by atoms with Crippen LogP contribution in [-0.2, 0) is 4.79 Å². The molecule has 7 nitrogen and oxygen atoms in total. The maximum Gasteiger partial charge on any atom is 0.326 e. The summed E-state index contributed by atoms with van der Waals surface area (Å²) in [6.45, 7) is 0.618. The number of hydrogen-bond acceptors (Lipinski definition) is 6. The van der Waals surface area contributed by atoms with Gasteiger partial charge in [0.2, 0.25) is 17.7 Å². The Morgan fingerprint density at radius 2 is 1.95 bits per heavy atom. The van der Waals surface area contributed by atoms with Crippen molar-refractivity contribution in [2.24, 2.45) is 0 Å². The molecule has 2 rings (SSSR count). The van der Waals surface area contributed by atoms with E-state index in [2.05, 4.69) is 9.97 Å². The van der Waals surface area contributed by atoms with E-state index >= 15 is 0 Å². The van der Waals surface area contributed by atoms with Gasteiger partial charge in [0.15, 0.2) is 0 Å². The number of nitrogens with zero attached hydrogens (tertiary/aromatic N) is 3. The van der Waals surface area contributed by atoms with Gasteiger partial charge in [-0.2, -0.15) is 9.97 Å². The van der Waals surface area contributed by atoms with Crippen LogP contribution in [0.15, 0.2) is 6.07 Å². The maximum absolute atomic E-state index is 11.3. The Labute approximate surface area is 111 Å². The normalized spacial score (nSPS) is 19.1. The second kappa shape index (κ2) is 5.73. The maximum atomic E-state index is 11.3. The van der Waals surface area contributed by atoms with E-state index in [0.717, 1.165) is 12.8 Å². The molecule has 1 N–H and O–H groups in total. The number of piperidine rings is 1. The molecule has 1 aliphatic rings. The number of methoxy groups -OCH3 is 2. The predicted molar refractivity (Wildman–Crippen MR) is 67.8 cm³/mol. The van der Waals surface area contributed by atoms with E-state index in [4.69, 9.17) is 9.47 Å². The van der Waals surface area contributed by atoms with Crippen LogP contribution >= 0.6 is 0 Å². The number of rotatable bonds is 4. The van der Waals surface area contributed by atoms with E-state index in [0.29, 0.717) is 30.7 Å². The highest BCUT2D eigenvalue weighted by atomic mass is 16.5. The standard InChI is InChI=1S/C12H17N3O4/c1-18-9-7-10(19-2)14-12(13-9)15-6-4-3-5-8(15)11(16)17/h7-8H,3-6H2,1-2H3,(H,16,17). The highest BCUT2D eigenvalue weighted by Gasteiger charge is 2.30. The third kappa shape index (κ3) is 2.86. The summed E-state index contributed by atoms with van der Waals surface area (Å²) in [5.74, 6) is 0.196. The first kappa shape index (κ1) is 13.4. The number of anilines is 1. The summed E-state index contributed by atoms with van der Waals surface area (Å²) in [7, 11) is 2.99. The first-order valence-electron chi connectivity index (χ1n) is 6.12. The smallest absolute Gasteiger partial charge is 0.326 e. The zero-order chi connectivity index (χ0) is 13.8. The summed E-state index contributed by atoms with van der Waals surface area (Å²) in [4.78, 5) is 21.4. The summed E-state index contributed by atoms with van der Waals surface area (Å²) in [6, 6.07) is 0.967. The number of aromatic nitrogens is 2. The minimum absolute atomic E-state index is 0.336. The number of hydrogen-bond donors (Lipinski definition) is 1. The summed E-state index contributed by atoms with van der Waals surface area (Å²) in [5, 5.41) is 9.26. The van der Waals surface area contributed by atoms with Gasteiger partial charge in [-0.15, -0.1) is 0 Å². The van der Waals surface area contributed by atoms with Gasteiger partial charge in [0, 0.05) is 6.54 Å². The molecule has 19 heavy (non-hydrogen) atoms. The number of aliphatic carboxylic acids is 1. The Kier molecular flexibility index (Phi) is 4.03. The SMILES string of the molecule is COc1cc(OC)nc(N2CCCCC2C(=O)O)n1. The van der Waals surface area contributed by atoms with Crippen molar-refractivity contribution in [1.29, 1.82) is 0 Å². The molecular weight excluding hydrogens is 250 g/mol. The molecule has 1 aromatic rings. The monoisotopic (exact) mass is 267 g/mol. The van der Waals surface area contributed by atoms with Gasteiger partial charge in [-0.1, -0.05) is 0 Å². The topological polar surface area (TPSA) is 84.8 Å². The van der Waals surface area contributed by atoms with Crippen LogP contribution < -0.4 is 14.4 Å². The van der Waals surface area contributed by atoms with Crippen molar-refractivity contribution in [3.63, 3.8) is 0 Å². The van der Waals surface area contributed by atoms with Crippen LogP contribution in [0.2, 0.25) is 0 Å². The molecule has 1 fully saturated rings. The van der Waals surface area contributed by atoms with Gasteiger partial charge in [0.25, 0.3) is 0 Å². The molecule has 0 radical (unpaired) electrons. The fraction of sp³-hybridized carbons (Fsp3) is 0.583. The molecule has 0 amide bonds. The number of carboxylic acids is 1. The molecule has 1 aliphatic heterocycles. The Hall–Kier alpha value is -2.05. The predicted octanol–water partition coefficient (Wildman–Crippen LogP) is 0.937. The van der Waals surface area contributed by atoms with Gasteiger partial charge in [0.05, 0.1) is 20.3 Å². The number of ether oxygens (including phenoxy) is 2. The van der Waals surface area contributed by atoms with Gasteiger partial charge in [0.1, 0.15) is 6.04 Å². The van der Waals surface area contributed by atoms with Crippen molar-refractivity contribution in [2.75, 3.05) is 25.7 Å². The van der Waals surface area contributed by atoms with Crippen molar-refractivity contribution < 1.29 is 19.4 Å². The van der Waals surface area contributed by atoms with Crippen molar-refractivity contribution in [2.45, 2.75) is 25.3 Å². The van der Waals surface area contributed by atoms with E-state index in [1.807, 2.05) is 0 Å². The van der Waals surface area contributed by atoms with E-state index < -0.39 is 12.0 Å². The Morgan fingerprint density at radius 1 is 1.32 bits per heavy atom. The molecule has 1 atom stereocenters. The summed E-state index contributed by atoms with van der Waals surface area (Å²) >= 11 is 0. The van der Waals surface area contributed by atoms with Crippen LogP contribution in [0, 0.1) is 0 Å². The molecule has 0 spiro atoms. The lowest BCUT2D eigenvalue weighted by Gasteiger charge is -2.32. The fourth-order valence-corrected chi connectivity index (χ4v) is 2.16. The van der Waals surface area contributed by atoms with E-state index in [9.17, 15) is 9.90 Å². The second-order valence-corrected chi connectivity index (χ2v) is 4.30. The lowest BCUT2D eigenvalue weighted by Crippen LogP contribution is -2.45. The third-order valence-corrected chi connectivity index (χ3v) is 3.13. The van der Waals surface area contributed by atoms with Gasteiger partial charge in [-0.05, 0) is 19.3 Å². The van der Waals surface area contributed by atoms with Crippen LogP contribution in [0.25, 0.3) is 0 Å². The molecule has 0 bridgehead atoms. The average Bonchev–Trinajstić information content (AvgIpc) is 2.46. The number of carboxylic acid groups (broad SMARTS) is 1. The Morgan fingerprint density at radius 3 is 2.47 bits per heavy atom. The highest BCUT2D eigenvalue weighted by molar-refractivity contribution is 5.77. The van der Waals surface area contributed by atoms with Crippen LogP contribution in [0.3, 0.4) is 0 Å². The Bertz CT molecular complexity index is 444. The first-order chi connectivity index (χ1) is 9.15. The molecule has 0 saturated carbocycles. The van der Waals surface area contributed by atoms with Crippen LogP contribution in [0.5, 0.6) is 11.8 Å². The van der Waals surface area contributed by atoms with Gasteiger partial charge in [-0.3, -0.25) is 0 Å². The molecule has 0 aromatic carbocycles. The Balaban J connectivity index is 2.35. The number of carbonyl (C=O) groups is 1. The van der Waals surface area contributed by atoms with Crippen LogP contribution in [0.4, 0.5) is 5.95 Å². The van der Waals surface area contributed by atoms with Gasteiger partial charge < -0.3 is 19.5 Å². The van der Waals surface area contributed by atoms with Crippen molar-refractivity contribution in [1.82, 2.24) is 9.97 Å². The quantitative estimate of drug-likeness (QED) is 0.868. The lowest BCUT2D eigenvalue weighted by molar-refractivity contribution is -0.139. The summed E-state index contributed by atoms with van der Waals surface area (Å²) in [6.07, 6.45) is 2.42. The average molecular weight is 267 g/mol. The molecule has 7 heteroatoms. The fourth-order valence-electron chi connectivity index (χ4n) is 2.16.